The summed E-state index contributed by atoms with van der Waals surface area (Å²) in [6.45, 7) is 3.88. The number of hydrogen-bond acceptors (Lipinski definition) is 2. The molecule has 0 aliphatic carbocycles. The van der Waals surface area contributed by atoms with Crippen LogP contribution in [0.2, 0.25) is 0 Å². The van der Waals surface area contributed by atoms with E-state index >= 15 is 0 Å². The molecule has 19 heavy (non-hydrogen) atoms. The second-order valence-electron chi connectivity index (χ2n) is 4.82. The van der Waals surface area contributed by atoms with Crippen molar-refractivity contribution in [2.75, 3.05) is 0 Å². The molecule has 2 aromatic carbocycles. The van der Waals surface area contributed by atoms with Gasteiger partial charge in [0.15, 0.2) is 0 Å². The molecule has 0 aliphatic heterocycles. The van der Waals surface area contributed by atoms with Crippen molar-refractivity contribution < 1.29 is 9.53 Å². The van der Waals surface area contributed by atoms with Crippen molar-refractivity contribution in [3.8, 4) is 5.75 Å². The molecule has 0 saturated heterocycles. The van der Waals surface area contributed by atoms with E-state index in [1.54, 1.807) is 12.1 Å². The normalized spacial score (nSPS) is 10.8. The van der Waals surface area contributed by atoms with Crippen LogP contribution in [0.5, 0.6) is 5.75 Å². The minimum atomic E-state index is -0.479. The van der Waals surface area contributed by atoms with Crippen LogP contribution in [0.1, 0.15) is 19.4 Å². The summed E-state index contributed by atoms with van der Waals surface area (Å²) in [6, 6.07) is 18.8. The highest BCUT2D eigenvalue weighted by Gasteiger charge is 2.23. The standard InChI is InChI=1S/C16H17NO2/c1-16(2,13-9-5-3-6-10-13)17-15(18)19-14-11-7-4-8-12-14/h3-12H,1-2H3,(H,17,18). The summed E-state index contributed by atoms with van der Waals surface area (Å²) in [5.74, 6) is 0.531. The van der Waals surface area contributed by atoms with Gasteiger partial charge in [0.1, 0.15) is 5.75 Å². The summed E-state index contributed by atoms with van der Waals surface area (Å²) >= 11 is 0. The predicted octanol–water partition coefficient (Wildman–Crippen LogP) is 3.71. The van der Waals surface area contributed by atoms with Gasteiger partial charge in [0.05, 0.1) is 5.54 Å². The number of ether oxygens (including phenoxy) is 1. The Morgan fingerprint density at radius 2 is 1.47 bits per heavy atom. The van der Waals surface area contributed by atoms with E-state index in [1.165, 1.54) is 0 Å². The third-order valence-electron chi connectivity index (χ3n) is 2.86. The van der Waals surface area contributed by atoms with Gasteiger partial charge in [-0.1, -0.05) is 48.5 Å². The van der Waals surface area contributed by atoms with Crippen LogP contribution in [0.15, 0.2) is 60.7 Å². The highest BCUT2D eigenvalue weighted by Crippen LogP contribution is 2.20. The van der Waals surface area contributed by atoms with Crippen LogP contribution in [-0.2, 0) is 5.54 Å². The zero-order valence-corrected chi connectivity index (χ0v) is 11.1. The predicted molar refractivity (Wildman–Crippen MR) is 75.1 cm³/mol. The van der Waals surface area contributed by atoms with Crippen LogP contribution in [0, 0.1) is 0 Å². The molecule has 2 rings (SSSR count). The van der Waals surface area contributed by atoms with Crippen LogP contribution in [0.4, 0.5) is 4.79 Å². The molecule has 0 saturated carbocycles. The van der Waals surface area contributed by atoms with Crippen molar-refractivity contribution in [2.45, 2.75) is 19.4 Å². The van der Waals surface area contributed by atoms with E-state index in [1.807, 2.05) is 62.4 Å². The van der Waals surface area contributed by atoms with Gasteiger partial charge in [-0.3, -0.25) is 0 Å². The minimum absolute atomic E-state index is 0.458. The summed E-state index contributed by atoms with van der Waals surface area (Å²) in [4.78, 5) is 11.9. The van der Waals surface area contributed by atoms with Gasteiger partial charge in [0.25, 0.3) is 0 Å². The lowest BCUT2D eigenvalue weighted by Gasteiger charge is -2.26. The van der Waals surface area contributed by atoms with Crippen molar-refractivity contribution in [1.29, 1.82) is 0 Å². The Morgan fingerprint density at radius 1 is 0.947 bits per heavy atom. The van der Waals surface area contributed by atoms with Gasteiger partial charge < -0.3 is 10.1 Å². The molecule has 98 valence electrons. The molecule has 0 bridgehead atoms. The van der Waals surface area contributed by atoms with E-state index in [2.05, 4.69) is 5.32 Å². The molecule has 3 heteroatoms. The Bertz CT molecular complexity index is 535. The fourth-order valence-electron chi connectivity index (χ4n) is 1.80. The van der Waals surface area contributed by atoms with Gasteiger partial charge in [0.2, 0.25) is 0 Å². The number of para-hydroxylation sites is 1. The lowest BCUT2D eigenvalue weighted by atomic mass is 9.95. The number of carbonyl (C=O) groups excluding carboxylic acids is 1. The van der Waals surface area contributed by atoms with Crippen molar-refractivity contribution in [1.82, 2.24) is 5.32 Å². The molecule has 0 aliphatic rings. The topological polar surface area (TPSA) is 38.3 Å². The molecule has 2 aromatic rings. The average Bonchev–Trinajstić information content (AvgIpc) is 2.40. The quantitative estimate of drug-likeness (QED) is 0.908. The fourth-order valence-corrected chi connectivity index (χ4v) is 1.80. The van der Waals surface area contributed by atoms with Crippen LogP contribution in [0.25, 0.3) is 0 Å². The number of rotatable bonds is 3. The minimum Gasteiger partial charge on any atom is -0.410 e. The zero-order chi connectivity index (χ0) is 13.7. The van der Waals surface area contributed by atoms with Gasteiger partial charge >= 0.3 is 6.09 Å². The van der Waals surface area contributed by atoms with E-state index in [0.29, 0.717) is 5.75 Å². The Morgan fingerprint density at radius 3 is 2.05 bits per heavy atom. The van der Waals surface area contributed by atoms with Crippen molar-refractivity contribution >= 4 is 6.09 Å². The zero-order valence-electron chi connectivity index (χ0n) is 11.1. The van der Waals surface area contributed by atoms with Gasteiger partial charge in [-0.05, 0) is 31.5 Å². The van der Waals surface area contributed by atoms with Crippen LogP contribution in [-0.4, -0.2) is 6.09 Å². The summed E-state index contributed by atoms with van der Waals surface area (Å²) in [6.07, 6.45) is -0.458. The largest absolute Gasteiger partial charge is 0.413 e. The third kappa shape index (κ3) is 3.58. The second-order valence-corrected chi connectivity index (χ2v) is 4.82. The highest BCUT2D eigenvalue weighted by molar-refractivity contribution is 5.71. The Hall–Kier alpha value is -2.29. The summed E-state index contributed by atoms with van der Waals surface area (Å²) in [5, 5.41) is 2.86. The van der Waals surface area contributed by atoms with Gasteiger partial charge in [-0.15, -0.1) is 0 Å². The van der Waals surface area contributed by atoms with Gasteiger partial charge in [-0.2, -0.15) is 0 Å². The third-order valence-corrected chi connectivity index (χ3v) is 2.86. The van der Waals surface area contributed by atoms with Gasteiger partial charge in [-0.25, -0.2) is 4.79 Å². The molecule has 0 spiro atoms. The Kier molecular flexibility index (Phi) is 3.85. The molecule has 0 radical (unpaired) electrons. The molecule has 0 fully saturated rings. The molecular weight excluding hydrogens is 238 g/mol. The summed E-state index contributed by atoms with van der Waals surface area (Å²) in [5.41, 5.74) is 0.549. The first kappa shape index (κ1) is 13.1. The first-order valence-electron chi connectivity index (χ1n) is 6.18. The van der Waals surface area contributed by atoms with Gasteiger partial charge in [0, 0.05) is 0 Å². The Labute approximate surface area is 113 Å². The van der Waals surface area contributed by atoms with E-state index in [9.17, 15) is 4.79 Å². The maximum atomic E-state index is 11.9. The molecule has 3 nitrogen and oxygen atoms in total. The second kappa shape index (κ2) is 5.57. The summed E-state index contributed by atoms with van der Waals surface area (Å²) in [7, 11) is 0. The van der Waals surface area contributed by atoms with E-state index in [4.69, 9.17) is 4.74 Å². The molecule has 1 N–H and O–H groups in total. The first-order valence-corrected chi connectivity index (χ1v) is 6.18. The Balaban J connectivity index is 2.02. The van der Waals surface area contributed by atoms with Crippen LogP contribution >= 0.6 is 0 Å². The maximum absolute atomic E-state index is 11.9. The molecule has 0 atom stereocenters. The maximum Gasteiger partial charge on any atom is 0.413 e. The van der Waals surface area contributed by atoms with Crippen molar-refractivity contribution in [3.63, 3.8) is 0 Å². The smallest absolute Gasteiger partial charge is 0.410 e. The SMILES string of the molecule is CC(C)(NC(=O)Oc1ccccc1)c1ccccc1. The monoisotopic (exact) mass is 255 g/mol. The van der Waals surface area contributed by atoms with E-state index in [0.717, 1.165) is 5.56 Å². The number of carbonyl (C=O) groups is 1. The molecule has 0 heterocycles. The number of amides is 1. The van der Waals surface area contributed by atoms with Crippen LogP contribution in [0.3, 0.4) is 0 Å². The van der Waals surface area contributed by atoms with Crippen molar-refractivity contribution in [2.24, 2.45) is 0 Å². The molecule has 1 amide bonds. The number of nitrogens with one attached hydrogen (secondary N) is 1. The highest BCUT2D eigenvalue weighted by atomic mass is 16.6. The van der Waals surface area contributed by atoms with Crippen LogP contribution < -0.4 is 10.1 Å². The number of hydrogen-bond donors (Lipinski definition) is 1. The lowest BCUT2D eigenvalue weighted by molar-refractivity contribution is 0.188. The first-order chi connectivity index (χ1) is 9.08. The fraction of sp³-hybridized carbons (Fsp3) is 0.188. The summed E-state index contributed by atoms with van der Waals surface area (Å²) < 4.78 is 5.22. The van der Waals surface area contributed by atoms with Crippen molar-refractivity contribution in [3.05, 3.63) is 66.2 Å². The molecular formula is C16H17NO2. The lowest BCUT2D eigenvalue weighted by Crippen LogP contribution is -2.42. The van der Waals surface area contributed by atoms with E-state index in [-0.39, 0.29) is 0 Å². The molecule has 0 aromatic heterocycles. The average molecular weight is 255 g/mol. The molecule has 0 unspecified atom stereocenters. The van der Waals surface area contributed by atoms with E-state index < -0.39 is 11.6 Å². The number of benzene rings is 2.